The summed E-state index contributed by atoms with van der Waals surface area (Å²) in [7, 11) is 1.64. The van der Waals surface area contributed by atoms with Gasteiger partial charge < -0.3 is 15.7 Å². The van der Waals surface area contributed by atoms with Crippen molar-refractivity contribution in [1.29, 1.82) is 0 Å². The standard InChI is InChI=1S/C8H16N2O3/c1-5(9-3)8(13)10-7(4-11)6(2)12/h5,7,9,11H,4H2,1-3H3,(H,10,13)/t5-,7-/m1/s1. The predicted molar refractivity (Wildman–Crippen MR) is 48.2 cm³/mol. The average molecular weight is 188 g/mol. The second-order valence-corrected chi connectivity index (χ2v) is 2.86. The number of nitrogens with one attached hydrogen (secondary N) is 2. The molecule has 76 valence electrons. The van der Waals surface area contributed by atoms with Gasteiger partial charge in [-0.3, -0.25) is 9.59 Å². The fourth-order valence-corrected chi connectivity index (χ4v) is 0.704. The smallest absolute Gasteiger partial charge is 0.237 e. The highest BCUT2D eigenvalue weighted by atomic mass is 16.3. The van der Waals surface area contributed by atoms with E-state index in [2.05, 4.69) is 10.6 Å². The maximum atomic E-state index is 11.2. The molecule has 0 saturated heterocycles. The fourth-order valence-electron chi connectivity index (χ4n) is 0.704. The molecular formula is C8H16N2O3. The van der Waals surface area contributed by atoms with Gasteiger partial charge in [0, 0.05) is 0 Å². The Hall–Kier alpha value is -0.940. The zero-order chi connectivity index (χ0) is 10.4. The number of carbonyl (C=O) groups excluding carboxylic acids is 2. The number of hydrogen-bond donors (Lipinski definition) is 3. The molecule has 0 aromatic heterocycles. The highest BCUT2D eigenvalue weighted by Gasteiger charge is 2.18. The van der Waals surface area contributed by atoms with E-state index in [1.807, 2.05) is 0 Å². The van der Waals surface area contributed by atoms with Gasteiger partial charge in [-0.1, -0.05) is 0 Å². The van der Waals surface area contributed by atoms with Crippen molar-refractivity contribution in [1.82, 2.24) is 10.6 Å². The molecule has 5 heteroatoms. The van der Waals surface area contributed by atoms with E-state index in [1.54, 1.807) is 14.0 Å². The zero-order valence-electron chi connectivity index (χ0n) is 8.13. The highest BCUT2D eigenvalue weighted by Crippen LogP contribution is 1.87. The van der Waals surface area contributed by atoms with Crippen LogP contribution in [-0.4, -0.2) is 42.5 Å². The lowest BCUT2D eigenvalue weighted by molar-refractivity contribution is -0.128. The SMILES string of the molecule is CN[C@H](C)C(=O)N[C@H](CO)C(C)=O. The summed E-state index contributed by atoms with van der Waals surface area (Å²) < 4.78 is 0. The van der Waals surface area contributed by atoms with E-state index in [-0.39, 0.29) is 24.3 Å². The van der Waals surface area contributed by atoms with E-state index in [0.29, 0.717) is 0 Å². The van der Waals surface area contributed by atoms with Crippen molar-refractivity contribution < 1.29 is 14.7 Å². The molecule has 0 heterocycles. The monoisotopic (exact) mass is 188 g/mol. The van der Waals surface area contributed by atoms with Gasteiger partial charge in [0.25, 0.3) is 0 Å². The van der Waals surface area contributed by atoms with Gasteiger partial charge in [-0.05, 0) is 20.9 Å². The van der Waals surface area contributed by atoms with Gasteiger partial charge in [0.1, 0.15) is 6.04 Å². The molecule has 1 amide bonds. The van der Waals surface area contributed by atoms with Crippen LogP contribution in [0.4, 0.5) is 0 Å². The van der Waals surface area contributed by atoms with E-state index in [9.17, 15) is 9.59 Å². The second kappa shape index (κ2) is 5.66. The maximum absolute atomic E-state index is 11.2. The van der Waals surface area contributed by atoms with Crippen molar-refractivity contribution in [2.75, 3.05) is 13.7 Å². The summed E-state index contributed by atoms with van der Waals surface area (Å²) in [5, 5.41) is 13.9. The third-order valence-corrected chi connectivity index (χ3v) is 1.82. The molecule has 2 atom stereocenters. The van der Waals surface area contributed by atoms with E-state index < -0.39 is 6.04 Å². The Labute approximate surface area is 77.5 Å². The van der Waals surface area contributed by atoms with Crippen LogP contribution in [0.15, 0.2) is 0 Å². The third-order valence-electron chi connectivity index (χ3n) is 1.82. The number of Topliss-reactive ketones (excluding diaryl/α,β-unsaturated/α-hetero) is 1. The summed E-state index contributed by atoms with van der Waals surface area (Å²) in [6.45, 7) is 2.63. The van der Waals surface area contributed by atoms with Gasteiger partial charge in [-0.15, -0.1) is 0 Å². The van der Waals surface area contributed by atoms with Crippen molar-refractivity contribution >= 4 is 11.7 Å². The molecular weight excluding hydrogens is 172 g/mol. The molecule has 0 aromatic carbocycles. The van der Waals surface area contributed by atoms with E-state index in [4.69, 9.17) is 5.11 Å². The van der Waals surface area contributed by atoms with Crippen LogP contribution in [-0.2, 0) is 9.59 Å². The molecule has 0 radical (unpaired) electrons. The van der Waals surface area contributed by atoms with Gasteiger partial charge in [0.15, 0.2) is 5.78 Å². The molecule has 0 fully saturated rings. The Morgan fingerprint density at radius 2 is 2.00 bits per heavy atom. The number of likely N-dealkylation sites (N-methyl/N-ethyl adjacent to an activating group) is 1. The molecule has 0 saturated carbocycles. The molecule has 0 spiro atoms. The summed E-state index contributed by atoms with van der Waals surface area (Å²) in [6, 6.07) is -1.16. The van der Waals surface area contributed by atoms with Crippen LogP contribution in [0.25, 0.3) is 0 Å². The maximum Gasteiger partial charge on any atom is 0.237 e. The molecule has 0 aromatic rings. The minimum atomic E-state index is -0.789. The summed E-state index contributed by atoms with van der Waals surface area (Å²) in [6.07, 6.45) is 0. The molecule has 0 aliphatic carbocycles. The first-order valence-corrected chi connectivity index (χ1v) is 4.11. The number of rotatable bonds is 5. The van der Waals surface area contributed by atoms with Gasteiger partial charge in [-0.25, -0.2) is 0 Å². The quantitative estimate of drug-likeness (QED) is 0.499. The first-order valence-electron chi connectivity index (χ1n) is 4.11. The van der Waals surface area contributed by atoms with Crippen LogP contribution in [0, 0.1) is 0 Å². The van der Waals surface area contributed by atoms with Crippen LogP contribution in [0.3, 0.4) is 0 Å². The van der Waals surface area contributed by atoms with Crippen LogP contribution in [0.2, 0.25) is 0 Å². The molecule has 0 unspecified atom stereocenters. The topological polar surface area (TPSA) is 78.4 Å². The van der Waals surface area contributed by atoms with Gasteiger partial charge in [0.05, 0.1) is 12.6 Å². The van der Waals surface area contributed by atoms with Crippen LogP contribution < -0.4 is 10.6 Å². The number of ketones is 1. The Bertz CT molecular complexity index is 194. The van der Waals surface area contributed by atoms with Crippen molar-refractivity contribution in [2.45, 2.75) is 25.9 Å². The summed E-state index contributed by atoms with van der Waals surface area (Å²) in [5.74, 6) is -0.545. The minimum absolute atomic E-state index is 0.251. The molecule has 5 nitrogen and oxygen atoms in total. The van der Waals surface area contributed by atoms with Crippen molar-refractivity contribution in [3.63, 3.8) is 0 Å². The number of aliphatic hydroxyl groups is 1. The lowest BCUT2D eigenvalue weighted by Gasteiger charge is -2.16. The van der Waals surface area contributed by atoms with Crippen LogP contribution in [0.1, 0.15) is 13.8 Å². The minimum Gasteiger partial charge on any atom is -0.394 e. The average Bonchev–Trinajstić information content (AvgIpc) is 2.11. The number of hydrogen-bond acceptors (Lipinski definition) is 4. The summed E-state index contributed by atoms with van der Waals surface area (Å²) >= 11 is 0. The summed E-state index contributed by atoms with van der Waals surface area (Å²) in [4.78, 5) is 22.0. The molecule has 0 aliphatic rings. The molecule has 0 bridgehead atoms. The van der Waals surface area contributed by atoms with E-state index in [0.717, 1.165) is 0 Å². The zero-order valence-corrected chi connectivity index (χ0v) is 8.13. The highest BCUT2D eigenvalue weighted by molar-refractivity contribution is 5.89. The lowest BCUT2D eigenvalue weighted by atomic mass is 10.2. The lowest BCUT2D eigenvalue weighted by Crippen LogP contribution is -2.49. The normalized spacial score (nSPS) is 14.8. The predicted octanol–water partition coefficient (Wildman–Crippen LogP) is -1.34. The molecule has 3 N–H and O–H groups in total. The van der Waals surface area contributed by atoms with Gasteiger partial charge >= 0.3 is 0 Å². The van der Waals surface area contributed by atoms with Crippen molar-refractivity contribution in [3.05, 3.63) is 0 Å². The molecule has 13 heavy (non-hydrogen) atoms. The Balaban J connectivity index is 4.09. The largest absolute Gasteiger partial charge is 0.394 e. The Morgan fingerprint density at radius 1 is 1.46 bits per heavy atom. The summed E-state index contributed by atoms with van der Waals surface area (Å²) in [5.41, 5.74) is 0. The molecule has 0 aliphatic heterocycles. The first-order chi connectivity index (χ1) is 6.02. The van der Waals surface area contributed by atoms with Crippen molar-refractivity contribution in [2.24, 2.45) is 0 Å². The fraction of sp³-hybridized carbons (Fsp3) is 0.750. The number of carbonyl (C=O) groups is 2. The number of aliphatic hydroxyl groups excluding tert-OH is 1. The van der Waals surface area contributed by atoms with Gasteiger partial charge in [0.2, 0.25) is 5.91 Å². The van der Waals surface area contributed by atoms with Crippen molar-refractivity contribution in [3.8, 4) is 0 Å². The second-order valence-electron chi connectivity index (χ2n) is 2.86. The van der Waals surface area contributed by atoms with Crippen LogP contribution in [0.5, 0.6) is 0 Å². The third kappa shape index (κ3) is 4.00. The van der Waals surface area contributed by atoms with E-state index >= 15 is 0 Å². The van der Waals surface area contributed by atoms with Gasteiger partial charge in [-0.2, -0.15) is 0 Å². The number of amides is 1. The molecule has 0 rings (SSSR count). The van der Waals surface area contributed by atoms with E-state index in [1.165, 1.54) is 6.92 Å². The Morgan fingerprint density at radius 3 is 2.31 bits per heavy atom. The Kier molecular flexibility index (Phi) is 5.25. The first kappa shape index (κ1) is 12.1. The van der Waals surface area contributed by atoms with Crippen LogP contribution >= 0.6 is 0 Å².